The highest BCUT2D eigenvalue weighted by Crippen LogP contribution is 2.36. The van der Waals surface area contributed by atoms with Crippen molar-refractivity contribution in [2.24, 2.45) is 5.41 Å². The number of piperidine rings is 1. The molecule has 6 heteroatoms. The molecular weight excluding hydrogens is 337 g/mol. The van der Waals surface area contributed by atoms with Crippen LogP contribution in [0.1, 0.15) is 35.9 Å². The second-order valence-electron chi connectivity index (χ2n) is 6.61. The average Bonchev–Trinajstić information content (AvgIpc) is 3.18. The van der Waals surface area contributed by atoms with E-state index < -0.39 is 5.41 Å². The van der Waals surface area contributed by atoms with Crippen molar-refractivity contribution in [1.82, 2.24) is 4.90 Å². The summed E-state index contributed by atoms with van der Waals surface area (Å²) >= 11 is 0. The molecule has 0 radical (unpaired) electrons. The molecule has 1 aromatic heterocycles. The number of carbonyl (C=O) groups excluding carboxylic acids is 2. The van der Waals surface area contributed by atoms with E-state index in [1.54, 1.807) is 36.1 Å². The van der Waals surface area contributed by atoms with Crippen LogP contribution in [-0.4, -0.2) is 36.5 Å². The average molecular weight is 359 g/mol. The fourth-order valence-electron chi connectivity index (χ4n) is 3.52. The smallest absolute Gasteiger partial charge is 0.314 e. The molecule has 1 aliphatic heterocycles. The summed E-state index contributed by atoms with van der Waals surface area (Å²) in [7, 11) is 0. The molecule has 2 aromatic rings. The summed E-state index contributed by atoms with van der Waals surface area (Å²) in [5, 5.41) is 0. The summed E-state index contributed by atoms with van der Waals surface area (Å²) in [4.78, 5) is 27.1. The Morgan fingerprint density at radius 3 is 2.69 bits per heavy atom. The molecule has 1 unspecified atom stereocenters. The molecule has 26 heavy (non-hydrogen) atoms. The Morgan fingerprint density at radius 2 is 2.04 bits per heavy atom. The van der Waals surface area contributed by atoms with Gasteiger partial charge in [0, 0.05) is 13.1 Å². The number of rotatable bonds is 5. The predicted molar refractivity (Wildman–Crippen MR) is 93.0 cm³/mol. The van der Waals surface area contributed by atoms with Gasteiger partial charge in [-0.05, 0) is 56.0 Å². The Balaban J connectivity index is 1.86. The SMILES string of the molecule is CCOC(=O)C1(Cc2ccc(F)cc2)CCCN(C(=O)c2ccco2)C1. The van der Waals surface area contributed by atoms with E-state index in [2.05, 4.69) is 0 Å². The number of nitrogens with zero attached hydrogens (tertiary/aromatic N) is 1. The van der Waals surface area contributed by atoms with Crippen LogP contribution < -0.4 is 0 Å². The van der Waals surface area contributed by atoms with Crippen LogP contribution in [0.15, 0.2) is 47.1 Å². The van der Waals surface area contributed by atoms with Crippen molar-refractivity contribution >= 4 is 11.9 Å². The molecule has 3 rings (SSSR count). The normalized spacial score (nSPS) is 20.0. The summed E-state index contributed by atoms with van der Waals surface area (Å²) < 4.78 is 23.7. The van der Waals surface area contributed by atoms with E-state index in [0.29, 0.717) is 25.8 Å². The van der Waals surface area contributed by atoms with Crippen molar-refractivity contribution in [1.29, 1.82) is 0 Å². The van der Waals surface area contributed by atoms with Gasteiger partial charge in [0.25, 0.3) is 5.91 Å². The maximum absolute atomic E-state index is 13.2. The zero-order chi connectivity index (χ0) is 18.6. The summed E-state index contributed by atoms with van der Waals surface area (Å²) in [6.45, 7) is 2.85. The van der Waals surface area contributed by atoms with E-state index in [1.165, 1.54) is 18.4 Å². The lowest BCUT2D eigenvalue weighted by Gasteiger charge is -2.40. The fourth-order valence-corrected chi connectivity index (χ4v) is 3.52. The first-order valence-electron chi connectivity index (χ1n) is 8.78. The summed E-state index contributed by atoms with van der Waals surface area (Å²) in [5.41, 5.74) is 0.000638. The Hall–Kier alpha value is -2.63. The van der Waals surface area contributed by atoms with Gasteiger partial charge in [-0.2, -0.15) is 0 Å². The zero-order valence-corrected chi connectivity index (χ0v) is 14.7. The van der Waals surface area contributed by atoms with Crippen LogP contribution in [0.3, 0.4) is 0 Å². The molecule has 0 saturated carbocycles. The third kappa shape index (κ3) is 3.79. The molecule has 138 valence electrons. The lowest BCUT2D eigenvalue weighted by atomic mass is 9.75. The highest BCUT2D eigenvalue weighted by atomic mass is 19.1. The van der Waals surface area contributed by atoms with Crippen LogP contribution in [0.4, 0.5) is 4.39 Å². The summed E-state index contributed by atoms with van der Waals surface area (Å²) in [6.07, 6.45) is 3.15. The Bertz CT molecular complexity index is 757. The molecule has 0 bridgehead atoms. The predicted octanol–water partition coefficient (Wildman–Crippen LogP) is 3.45. The zero-order valence-electron chi connectivity index (χ0n) is 14.7. The first-order chi connectivity index (χ1) is 12.5. The highest BCUT2D eigenvalue weighted by Gasteiger charge is 2.45. The third-order valence-electron chi connectivity index (χ3n) is 4.76. The van der Waals surface area contributed by atoms with Gasteiger partial charge in [-0.15, -0.1) is 0 Å². The van der Waals surface area contributed by atoms with E-state index in [-0.39, 0.29) is 36.6 Å². The molecule has 1 aromatic carbocycles. The molecule has 1 saturated heterocycles. The number of esters is 1. The minimum atomic E-state index is -0.839. The second kappa shape index (κ2) is 7.72. The number of benzene rings is 1. The fraction of sp³-hybridized carbons (Fsp3) is 0.400. The Morgan fingerprint density at radius 1 is 1.27 bits per heavy atom. The van der Waals surface area contributed by atoms with E-state index in [9.17, 15) is 14.0 Å². The lowest BCUT2D eigenvalue weighted by molar-refractivity contribution is -0.158. The van der Waals surface area contributed by atoms with Crippen LogP contribution in [0.2, 0.25) is 0 Å². The molecule has 0 spiro atoms. The van der Waals surface area contributed by atoms with Crippen LogP contribution in [0, 0.1) is 11.2 Å². The number of hydrogen-bond donors (Lipinski definition) is 0. The van der Waals surface area contributed by atoms with Gasteiger partial charge < -0.3 is 14.1 Å². The first kappa shape index (κ1) is 18.2. The van der Waals surface area contributed by atoms with Crippen molar-refractivity contribution in [3.05, 3.63) is 59.8 Å². The molecule has 1 atom stereocenters. The molecule has 2 heterocycles. The Kier molecular flexibility index (Phi) is 5.40. The lowest BCUT2D eigenvalue weighted by Crippen LogP contribution is -2.51. The van der Waals surface area contributed by atoms with Gasteiger partial charge in [-0.25, -0.2) is 4.39 Å². The molecule has 5 nitrogen and oxygen atoms in total. The number of hydrogen-bond acceptors (Lipinski definition) is 4. The number of ether oxygens (including phenoxy) is 1. The quantitative estimate of drug-likeness (QED) is 0.767. The van der Waals surface area contributed by atoms with E-state index >= 15 is 0 Å². The third-order valence-corrected chi connectivity index (χ3v) is 4.76. The number of halogens is 1. The van der Waals surface area contributed by atoms with Gasteiger partial charge in [0.05, 0.1) is 18.3 Å². The molecule has 0 N–H and O–H groups in total. The van der Waals surface area contributed by atoms with Gasteiger partial charge in [0.1, 0.15) is 5.82 Å². The molecule has 0 aliphatic carbocycles. The first-order valence-corrected chi connectivity index (χ1v) is 8.78. The van der Waals surface area contributed by atoms with Crippen molar-refractivity contribution in [3.8, 4) is 0 Å². The van der Waals surface area contributed by atoms with Gasteiger partial charge >= 0.3 is 5.97 Å². The van der Waals surface area contributed by atoms with Gasteiger partial charge in [0.15, 0.2) is 5.76 Å². The van der Waals surface area contributed by atoms with Crippen molar-refractivity contribution < 1.29 is 23.1 Å². The molecule has 1 aliphatic rings. The molecule has 1 amide bonds. The maximum atomic E-state index is 13.2. The summed E-state index contributed by atoms with van der Waals surface area (Å²) in [5.74, 6) is -0.618. The van der Waals surface area contributed by atoms with Crippen molar-refractivity contribution in [3.63, 3.8) is 0 Å². The van der Waals surface area contributed by atoms with Crippen LogP contribution in [0.5, 0.6) is 0 Å². The highest BCUT2D eigenvalue weighted by molar-refractivity contribution is 5.92. The van der Waals surface area contributed by atoms with Gasteiger partial charge in [0.2, 0.25) is 0 Å². The topological polar surface area (TPSA) is 59.8 Å². The number of likely N-dealkylation sites (tertiary alicyclic amines) is 1. The van der Waals surface area contributed by atoms with Gasteiger partial charge in [-0.3, -0.25) is 9.59 Å². The minimum Gasteiger partial charge on any atom is -0.466 e. The second-order valence-corrected chi connectivity index (χ2v) is 6.61. The van der Waals surface area contributed by atoms with Crippen LogP contribution in [-0.2, 0) is 16.0 Å². The van der Waals surface area contributed by atoms with E-state index in [0.717, 1.165) is 5.56 Å². The number of amides is 1. The standard InChI is InChI=1S/C20H22FNO4/c1-2-25-19(24)20(13-15-6-8-16(21)9-7-15)10-4-11-22(14-20)18(23)17-5-3-12-26-17/h3,5-9,12H,2,4,10-11,13-14H2,1H3. The van der Waals surface area contributed by atoms with Crippen molar-refractivity contribution in [2.45, 2.75) is 26.2 Å². The summed E-state index contributed by atoms with van der Waals surface area (Å²) in [6, 6.07) is 9.37. The van der Waals surface area contributed by atoms with E-state index in [1.807, 2.05) is 0 Å². The monoisotopic (exact) mass is 359 g/mol. The number of furan rings is 1. The van der Waals surface area contributed by atoms with Crippen LogP contribution in [0.25, 0.3) is 0 Å². The number of carbonyl (C=O) groups is 2. The van der Waals surface area contributed by atoms with Crippen molar-refractivity contribution in [2.75, 3.05) is 19.7 Å². The largest absolute Gasteiger partial charge is 0.466 e. The van der Waals surface area contributed by atoms with E-state index in [4.69, 9.17) is 9.15 Å². The molecule has 1 fully saturated rings. The minimum absolute atomic E-state index is 0.234. The van der Waals surface area contributed by atoms with Gasteiger partial charge in [-0.1, -0.05) is 12.1 Å². The maximum Gasteiger partial charge on any atom is 0.314 e. The van der Waals surface area contributed by atoms with Crippen LogP contribution >= 0.6 is 0 Å². The Labute approximate surface area is 151 Å². The molecular formula is C20H22FNO4.